The third kappa shape index (κ3) is 8.92. The SMILES string of the molecule is CC(OS(C)(=O)=O)=C(C(=O)OC(c1ccccc1)c1ccccc1)N1C(=O)C(NC(=O)COc2ccccc2)C1SSc1nc2ccccc2s1. The summed E-state index contributed by atoms with van der Waals surface area (Å²) in [4.78, 5) is 47.0. The van der Waals surface area contributed by atoms with Crippen molar-refractivity contribution < 1.29 is 36.5 Å². The lowest BCUT2D eigenvalue weighted by atomic mass is 10.0. The van der Waals surface area contributed by atoms with Crippen molar-refractivity contribution in [2.24, 2.45) is 0 Å². The molecule has 2 amide bonds. The van der Waals surface area contributed by atoms with E-state index in [1.807, 2.05) is 42.5 Å². The van der Waals surface area contributed by atoms with Crippen LogP contribution in [-0.4, -0.2) is 60.4 Å². The third-order valence-corrected chi connectivity index (χ3v) is 12.0. The van der Waals surface area contributed by atoms with Crippen molar-refractivity contribution in [1.82, 2.24) is 15.2 Å². The Hall–Kier alpha value is -4.83. The van der Waals surface area contributed by atoms with Gasteiger partial charge in [-0.15, -0.1) is 11.3 Å². The largest absolute Gasteiger partial charge is 0.484 e. The fourth-order valence-electron chi connectivity index (χ4n) is 5.22. The molecule has 0 saturated carbocycles. The molecule has 4 aromatic carbocycles. The van der Waals surface area contributed by atoms with Crippen molar-refractivity contribution in [1.29, 1.82) is 0 Å². The first-order valence-electron chi connectivity index (χ1n) is 15.5. The van der Waals surface area contributed by atoms with Crippen LogP contribution in [0.4, 0.5) is 0 Å². The molecule has 0 spiro atoms. The zero-order valence-electron chi connectivity index (χ0n) is 27.2. The fourth-order valence-corrected chi connectivity index (χ4v) is 9.67. The minimum Gasteiger partial charge on any atom is -0.484 e. The monoisotopic (exact) mass is 761 g/mol. The summed E-state index contributed by atoms with van der Waals surface area (Å²) in [5.41, 5.74) is 1.67. The van der Waals surface area contributed by atoms with Gasteiger partial charge < -0.3 is 19.0 Å². The van der Waals surface area contributed by atoms with E-state index in [0.29, 0.717) is 21.2 Å². The Bertz CT molecular complexity index is 2090. The first kappa shape index (κ1) is 36.0. The molecule has 0 radical (unpaired) electrons. The summed E-state index contributed by atoms with van der Waals surface area (Å²) in [5.74, 6) is -2.15. The number of likely N-dealkylation sites (tertiary alicyclic amines) is 1. The number of rotatable bonds is 14. The number of benzene rings is 4. The summed E-state index contributed by atoms with van der Waals surface area (Å²) < 4.78 is 43.1. The molecule has 262 valence electrons. The molecule has 1 fully saturated rings. The number of fused-ring (bicyclic) bond motifs is 1. The molecule has 15 heteroatoms. The molecule has 51 heavy (non-hydrogen) atoms. The summed E-state index contributed by atoms with van der Waals surface area (Å²) in [6.45, 7) is 0.903. The quantitative estimate of drug-likeness (QED) is 0.0340. The number of thiazole rings is 1. The van der Waals surface area contributed by atoms with Crippen LogP contribution in [0.15, 0.2) is 131 Å². The summed E-state index contributed by atoms with van der Waals surface area (Å²) in [6.07, 6.45) is -0.0785. The van der Waals surface area contributed by atoms with Crippen molar-refractivity contribution in [3.63, 3.8) is 0 Å². The third-order valence-electron chi connectivity index (χ3n) is 7.44. The summed E-state index contributed by atoms with van der Waals surface area (Å²) in [7, 11) is -1.71. The number of allylic oxidation sites excluding steroid dienone is 1. The van der Waals surface area contributed by atoms with Crippen LogP contribution < -0.4 is 10.1 Å². The van der Waals surface area contributed by atoms with Gasteiger partial charge in [-0.3, -0.25) is 14.5 Å². The number of nitrogens with zero attached hydrogens (tertiary/aromatic N) is 2. The average molecular weight is 762 g/mol. The van der Waals surface area contributed by atoms with E-state index in [4.69, 9.17) is 13.7 Å². The first-order valence-corrected chi connectivity index (χ1v) is 20.3. The van der Waals surface area contributed by atoms with Gasteiger partial charge in [-0.25, -0.2) is 9.78 Å². The number of carbonyl (C=O) groups excluding carboxylic acids is 3. The van der Waals surface area contributed by atoms with Gasteiger partial charge in [0, 0.05) is 0 Å². The number of aromatic nitrogens is 1. The Morgan fingerprint density at radius 1 is 0.902 bits per heavy atom. The fraction of sp³-hybridized carbons (Fsp3) is 0.167. The van der Waals surface area contributed by atoms with E-state index >= 15 is 0 Å². The molecular weight excluding hydrogens is 731 g/mol. The molecule has 11 nitrogen and oxygen atoms in total. The van der Waals surface area contributed by atoms with Crippen LogP contribution in [0.3, 0.4) is 0 Å². The van der Waals surface area contributed by atoms with Gasteiger partial charge in [0.1, 0.15) is 22.9 Å². The van der Waals surface area contributed by atoms with Crippen LogP contribution >= 0.6 is 32.9 Å². The maximum Gasteiger partial charge on any atom is 0.359 e. The van der Waals surface area contributed by atoms with E-state index in [1.165, 1.54) is 39.8 Å². The lowest BCUT2D eigenvalue weighted by Crippen LogP contribution is -2.69. The second kappa shape index (κ2) is 16.0. The van der Waals surface area contributed by atoms with Crippen molar-refractivity contribution in [3.8, 4) is 5.75 Å². The van der Waals surface area contributed by atoms with Gasteiger partial charge in [-0.1, -0.05) is 102 Å². The van der Waals surface area contributed by atoms with Gasteiger partial charge in [0.2, 0.25) is 0 Å². The molecule has 0 bridgehead atoms. The molecule has 1 aliphatic rings. The zero-order chi connectivity index (χ0) is 36.0. The van der Waals surface area contributed by atoms with Gasteiger partial charge in [-0.05, 0) is 53.1 Å². The standard InChI is InChI=1S/C36H31N3O8S4/c1-23(47-51(2,43)44)31(35(42)46-32(24-14-6-3-7-15-24)25-16-8-4-9-17-25)39-33(41)30(38-29(40)22-45-26-18-10-5-11-19-26)34(39)49-50-36-37-27-20-12-13-21-28(27)48-36/h3-21,30,32,34H,22H2,1-2H3,(H,38,40). The highest BCUT2D eigenvalue weighted by molar-refractivity contribution is 8.77. The normalized spacial score (nSPS) is 16.3. The number of amides is 2. The molecule has 2 heterocycles. The number of nitrogens with one attached hydrogen (secondary N) is 1. The molecule has 1 aromatic heterocycles. The van der Waals surface area contributed by atoms with E-state index in [9.17, 15) is 22.8 Å². The maximum atomic E-state index is 14.3. The van der Waals surface area contributed by atoms with E-state index in [1.54, 1.807) is 72.8 Å². The highest BCUT2D eigenvalue weighted by Gasteiger charge is 2.53. The molecule has 1 N–H and O–H groups in total. The lowest BCUT2D eigenvalue weighted by molar-refractivity contribution is -0.155. The van der Waals surface area contributed by atoms with Crippen molar-refractivity contribution >= 4 is 71.0 Å². The number of ether oxygens (including phenoxy) is 2. The van der Waals surface area contributed by atoms with Gasteiger partial charge in [0.25, 0.3) is 11.8 Å². The number of hydrogen-bond donors (Lipinski definition) is 1. The second-order valence-corrected chi connectivity index (χ2v) is 16.3. The van der Waals surface area contributed by atoms with Gasteiger partial charge in [-0.2, -0.15) is 8.42 Å². The summed E-state index contributed by atoms with van der Waals surface area (Å²) in [6, 6.07) is 33.2. The van der Waals surface area contributed by atoms with Crippen molar-refractivity contribution in [3.05, 3.63) is 138 Å². The minimum atomic E-state index is -4.13. The maximum absolute atomic E-state index is 14.3. The van der Waals surface area contributed by atoms with Crippen molar-refractivity contribution in [2.75, 3.05) is 12.9 Å². The molecule has 2 unspecified atom stereocenters. The number of para-hydroxylation sites is 2. The average Bonchev–Trinajstić information content (AvgIpc) is 3.55. The Kier molecular flexibility index (Phi) is 11.3. The predicted molar refractivity (Wildman–Crippen MR) is 197 cm³/mol. The Morgan fingerprint density at radius 3 is 2.10 bits per heavy atom. The van der Waals surface area contributed by atoms with Crippen LogP contribution in [0.25, 0.3) is 10.2 Å². The highest BCUT2D eigenvalue weighted by atomic mass is 33.1. The molecule has 1 saturated heterocycles. The van der Waals surface area contributed by atoms with Crippen LogP contribution in [0.2, 0.25) is 0 Å². The molecule has 0 aliphatic carbocycles. The van der Waals surface area contributed by atoms with Crippen molar-refractivity contribution in [2.45, 2.75) is 28.8 Å². The van der Waals surface area contributed by atoms with Gasteiger partial charge in [0.05, 0.1) is 16.5 Å². The van der Waals surface area contributed by atoms with Gasteiger partial charge >= 0.3 is 16.1 Å². The topological polar surface area (TPSA) is 141 Å². The predicted octanol–water partition coefficient (Wildman–Crippen LogP) is 6.31. The Morgan fingerprint density at radius 2 is 1.49 bits per heavy atom. The number of β-lactam (4-membered cyclic amide) rings is 1. The minimum absolute atomic E-state index is 0.368. The van der Waals surface area contributed by atoms with Crippen LogP contribution in [-0.2, 0) is 33.4 Å². The summed E-state index contributed by atoms with van der Waals surface area (Å²) in [5, 5.41) is 1.80. The van der Waals surface area contributed by atoms with E-state index in [-0.39, 0.29) is 12.4 Å². The zero-order valence-corrected chi connectivity index (χ0v) is 30.5. The molecule has 2 atom stereocenters. The van der Waals surface area contributed by atoms with Gasteiger partial charge in [0.15, 0.2) is 22.7 Å². The highest BCUT2D eigenvalue weighted by Crippen LogP contribution is 2.46. The summed E-state index contributed by atoms with van der Waals surface area (Å²) >= 11 is 1.44. The molecular formula is C36H31N3O8S4. The number of hydrogen-bond acceptors (Lipinski definition) is 12. The second-order valence-electron chi connectivity index (χ2n) is 11.2. The lowest BCUT2D eigenvalue weighted by Gasteiger charge is -2.46. The van der Waals surface area contributed by atoms with E-state index < -0.39 is 51.1 Å². The Labute approximate surface area is 306 Å². The molecule has 6 rings (SSSR count). The molecule has 1 aliphatic heterocycles. The van der Waals surface area contributed by atoms with Crippen LogP contribution in [0.5, 0.6) is 5.75 Å². The first-order chi connectivity index (χ1) is 24.6. The number of carbonyl (C=O) groups is 3. The van der Waals surface area contributed by atoms with E-state index in [0.717, 1.165) is 21.4 Å². The Balaban J connectivity index is 1.32. The van der Waals surface area contributed by atoms with Crippen LogP contribution in [0.1, 0.15) is 24.2 Å². The van der Waals surface area contributed by atoms with Crippen LogP contribution in [0, 0.1) is 0 Å². The molecule has 5 aromatic rings. The van der Waals surface area contributed by atoms with E-state index in [2.05, 4.69) is 10.3 Å². The smallest absolute Gasteiger partial charge is 0.359 e. The number of esters is 1.